The molecule has 4 nitrogen and oxygen atoms in total. The molecule has 0 bridgehead atoms. The monoisotopic (exact) mass is 312 g/mol. The Morgan fingerprint density at radius 3 is 2.57 bits per heavy atom. The van der Waals surface area contributed by atoms with Crippen molar-refractivity contribution in [3.63, 3.8) is 0 Å². The fourth-order valence-electron chi connectivity index (χ4n) is 3.22. The number of carbonyl (C=O) groups excluding carboxylic acids is 2. The first-order chi connectivity index (χ1) is 9.95. The predicted octanol–water partition coefficient (Wildman–Crippen LogP) is 2.28. The van der Waals surface area contributed by atoms with E-state index in [2.05, 4.69) is 26.1 Å². The van der Waals surface area contributed by atoms with Crippen LogP contribution in [0.3, 0.4) is 0 Å². The predicted molar refractivity (Wildman–Crippen MR) is 87.2 cm³/mol. The van der Waals surface area contributed by atoms with Gasteiger partial charge in [0.15, 0.2) is 0 Å². The molecule has 1 N–H and O–H groups in total. The van der Waals surface area contributed by atoms with Gasteiger partial charge in [0, 0.05) is 12.3 Å². The second kappa shape index (κ2) is 6.59. The lowest BCUT2D eigenvalue weighted by Crippen LogP contribution is -2.71. The van der Waals surface area contributed by atoms with E-state index in [1.165, 1.54) is 0 Å². The van der Waals surface area contributed by atoms with Crippen LogP contribution in [-0.2, 0) is 9.59 Å². The number of nitrogens with zero attached hydrogens (tertiary/aromatic N) is 1. The molecule has 5 heteroatoms. The van der Waals surface area contributed by atoms with E-state index >= 15 is 0 Å². The van der Waals surface area contributed by atoms with Crippen LogP contribution in [0.5, 0.6) is 0 Å². The zero-order valence-corrected chi connectivity index (χ0v) is 14.5. The molecule has 0 aromatic carbocycles. The van der Waals surface area contributed by atoms with Gasteiger partial charge in [-0.05, 0) is 37.4 Å². The Labute approximate surface area is 132 Å². The van der Waals surface area contributed by atoms with E-state index in [4.69, 9.17) is 0 Å². The summed E-state index contributed by atoms with van der Waals surface area (Å²) >= 11 is 1.82. The highest BCUT2D eigenvalue weighted by atomic mass is 32.2. The zero-order chi connectivity index (χ0) is 15.6. The van der Waals surface area contributed by atoms with Crippen LogP contribution in [0.25, 0.3) is 0 Å². The summed E-state index contributed by atoms with van der Waals surface area (Å²) in [6.07, 6.45) is 3.01. The van der Waals surface area contributed by atoms with Crippen LogP contribution in [0.4, 0.5) is 0 Å². The van der Waals surface area contributed by atoms with Crippen LogP contribution in [-0.4, -0.2) is 46.3 Å². The first-order valence-corrected chi connectivity index (χ1v) is 9.32. The molecule has 21 heavy (non-hydrogen) atoms. The van der Waals surface area contributed by atoms with Crippen molar-refractivity contribution < 1.29 is 9.59 Å². The summed E-state index contributed by atoms with van der Waals surface area (Å²) in [5, 5.41) is 3.05. The molecule has 2 rings (SSSR count). The highest BCUT2D eigenvalue weighted by Gasteiger charge is 2.55. The fourth-order valence-corrected chi connectivity index (χ4v) is 3.84. The third-order valence-electron chi connectivity index (χ3n) is 4.95. The van der Waals surface area contributed by atoms with Crippen LogP contribution in [0.15, 0.2) is 0 Å². The Morgan fingerprint density at radius 2 is 2.05 bits per heavy atom. The molecule has 3 unspecified atom stereocenters. The summed E-state index contributed by atoms with van der Waals surface area (Å²) < 4.78 is 0. The van der Waals surface area contributed by atoms with E-state index in [0.29, 0.717) is 12.5 Å². The van der Waals surface area contributed by atoms with Gasteiger partial charge in [-0.1, -0.05) is 27.2 Å². The van der Waals surface area contributed by atoms with Gasteiger partial charge < -0.3 is 10.2 Å². The van der Waals surface area contributed by atoms with Crippen molar-refractivity contribution in [2.24, 2.45) is 11.8 Å². The Hall–Kier alpha value is -0.710. The van der Waals surface area contributed by atoms with Gasteiger partial charge in [0.25, 0.3) is 0 Å². The van der Waals surface area contributed by atoms with Crippen LogP contribution < -0.4 is 5.32 Å². The Morgan fingerprint density at radius 1 is 1.38 bits per heavy atom. The van der Waals surface area contributed by atoms with Crippen molar-refractivity contribution in [2.45, 2.75) is 58.5 Å². The molecule has 2 amide bonds. The standard InChI is InChI=1S/C16H28N2O2S/c1-5-11(3)13-14(19)17-16(4,12-7-8-12)15(20)18(13)9-10-21-6-2/h11-13H,5-10H2,1-4H3,(H,17,19). The maximum atomic E-state index is 13.0. The summed E-state index contributed by atoms with van der Waals surface area (Å²) in [4.78, 5) is 27.5. The lowest BCUT2D eigenvalue weighted by molar-refractivity contribution is -0.157. The second-order valence-electron chi connectivity index (χ2n) is 6.49. The van der Waals surface area contributed by atoms with Gasteiger partial charge in [-0.25, -0.2) is 0 Å². The molecule has 0 aromatic heterocycles. The van der Waals surface area contributed by atoms with Crippen molar-refractivity contribution in [1.29, 1.82) is 0 Å². The van der Waals surface area contributed by atoms with Gasteiger partial charge in [0.2, 0.25) is 11.8 Å². The van der Waals surface area contributed by atoms with Crippen molar-refractivity contribution in [3.05, 3.63) is 0 Å². The summed E-state index contributed by atoms with van der Waals surface area (Å²) in [6, 6.07) is -0.299. The zero-order valence-electron chi connectivity index (χ0n) is 13.6. The minimum absolute atomic E-state index is 0.0415. The van der Waals surface area contributed by atoms with E-state index in [1.54, 1.807) is 0 Å². The number of amides is 2. The molecule has 1 saturated carbocycles. The van der Waals surface area contributed by atoms with E-state index in [1.807, 2.05) is 23.6 Å². The number of hydrogen-bond donors (Lipinski definition) is 1. The van der Waals surface area contributed by atoms with E-state index in [0.717, 1.165) is 30.8 Å². The molecule has 0 radical (unpaired) electrons. The lowest BCUT2D eigenvalue weighted by Gasteiger charge is -2.46. The molecule has 120 valence electrons. The average molecular weight is 312 g/mol. The Kier molecular flexibility index (Phi) is 5.23. The highest BCUT2D eigenvalue weighted by molar-refractivity contribution is 7.99. The third-order valence-corrected chi connectivity index (χ3v) is 5.83. The van der Waals surface area contributed by atoms with Gasteiger partial charge in [0.05, 0.1) is 0 Å². The number of thioether (sulfide) groups is 1. The first kappa shape index (κ1) is 16.7. The SMILES string of the molecule is CCSCCN1C(=O)C(C)(C2CC2)NC(=O)C1C(C)CC. The van der Waals surface area contributed by atoms with Gasteiger partial charge in [0.1, 0.15) is 11.6 Å². The summed E-state index contributed by atoms with van der Waals surface area (Å²) in [5.41, 5.74) is -0.669. The topological polar surface area (TPSA) is 49.4 Å². The summed E-state index contributed by atoms with van der Waals surface area (Å²) in [7, 11) is 0. The van der Waals surface area contributed by atoms with E-state index in [-0.39, 0.29) is 23.8 Å². The number of nitrogens with one attached hydrogen (secondary N) is 1. The van der Waals surface area contributed by atoms with Crippen molar-refractivity contribution in [2.75, 3.05) is 18.1 Å². The Balaban J connectivity index is 2.20. The van der Waals surface area contributed by atoms with Crippen LogP contribution in [0.2, 0.25) is 0 Å². The van der Waals surface area contributed by atoms with Gasteiger partial charge >= 0.3 is 0 Å². The maximum absolute atomic E-state index is 13.0. The smallest absolute Gasteiger partial charge is 0.249 e. The summed E-state index contributed by atoms with van der Waals surface area (Å²) in [6.45, 7) is 8.86. The van der Waals surface area contributed by atoms with E-state index < -0.39 is 5.54 Å². The number of piperazine rings is 1. The molecule has 0 spiro atoms. The summed E-state index contributed by atoms with van der Waals surface area (Å²) in [5.74, 6) is 2.65. The van der Waals surface area contributed by atoms with Crippen LogP contribution >= 0.6 is 11.8 Å². The minimum Gasteiger partial charge on any atom is -0.340 e. The molecule has 1 saturated heterocycles. The van der Waals surface area contributed by atoms with Gasteiger partial charge in [-0.2, -0.15) is 11.8 Å². The molecular formula is C16H28N2O2S. The molecule has 2 fully saturated rings. The number of carbonyl (C=O) groups is 2. The first-order valence-electron chi connectivity index (χ1n) is 8.16. The van der Waals surface area contributed by atoms with Crippen molar-refractivity contribution in [1.82, 2.24) is 10.2 Å². The van der Waals surface area contributed by atoms with E-state index in [9.17, 15) is 9.59 Å². The quantitative estimate of drug-likeness (QED) is 0.734. The number of hydrogen-bond acceptors (Lipinski definition) is 3. The third kappa shape index (κ3) is 3.22. The van der Waals surface area contributed by atoms with Gasteiger partial charge in [-0.15, -0.1) is 0 Å². The molecule has 0 aromatic rings. The van der Waals surface area contributed by atoms with Gasteiger partial charge in [-0.3, -0.25) is 9.59 Å². The molecule has 2 aliphatic rings. The normalized spacial score (nSPS) is 31.2. The van der Waals surface area contributed by atoms with Crippen LogP contribution in [0.1, 0.15) is 47.0 Å². The highest BCUT2D eigenvalue weighted by Crippen LogP contribution is 2.42. The molecule has 1 aliphatic carbocycles. The second-order valence-corrected chi connectivity index (χ2v) is 7.89. The van der Waals surface area contributed by atoms with Crippen molar-refractivity contribution in [3.8, 4) is 0 Å². The number of rotatable bonds is 7. The largest absolute Gasteiger partial charge is 0.340 e. The molecule has 1 heterocycles. The average Bonchev–Trinajstić information content (AvgIpc) is 3.28. The molecule has 3 atom stereocenters. The molecule has 1 aliphatic heterocycles. The fraction of sp³-hybridized carbons (Fsp3) is 0.875. The minimum atomic E-state index is -0.669. The maximum Gasteiger partial charge on any atom is 0.249 e. The Bertz CT molecular complexity index is 411. The van der Waals surface area contributed by atoms with Crippen LogP contribution in [0, 0.1) is 11.8 Å². The molecular weight excluding hydrogens is 284 g/mol. The lowest BCUT2D eigenvalue weighted by atomic mass is 9.85. The van der Waals surface area contributed by atoms with Crippen molar-refractivity contribution >= 4 is 23.6 Å².